The van der Waals surface area contributed by atoms with Gasteiger partial charge in [0.1, 0.15) is 6.54 Å². The maximum Gasteiger partial charge on any atom is 0.326 e. The van der Waals surface area contributed by atoms with Crippen molar-refractivity contribution in [1.82, 2.24) is 14.9 Å². The number of nitrogens with zero attached hydrogens (tertiary/aromatic N) is 4. The minimum atomic E-state index is -3.65. The van der Waals surface area contributed by atoms with E-state index in [0.717, 1.165) is 0 Å². The van der Waals surface area contributed by atoms with Crippen molar-refractivity contribution < 1.29 is 13.2 Å². The van der Waals surface area contributed by atoms with E-state index < -0.39 is 10.2 Å². The summed E-state index contributed by atoms with van der Waals surface area (Å²) in [5.74, 6) is -0.389. The highest BCUT2D eigenvalue weighted by molar-refractivity contribution is 7.94. The lowest BCUT2D eigenvalue weighted by Gasteiger charge is -2.19. The monoisotopic (exact) mass is 391 g/mol. The van der Waals surface area contributed by atoms with Crippen LogP contribution in [0, 0.1) is 13.8 Å². The number of fused-ring (bicyclic) bond motifs is 1. The lowest BCUT2D eigenvalue weighted by molar-refractivity contribution is -0.121. The van der Waals surface area contributed by atoms with Crippen LogP contribution in [-0.4, -0.2) is 44.0 Å². The molecule has 0 radical (unpaired) electrons. The Morgan fingerprint density at radius 3 is 2.56 bits per heavy atom. The molecule has 0 unspecified atom stereocenters. The summed E-state index contributed by atoms with van der Waals surface area (Å²) < 4.78 is 28.7. The van der Waals surface area contributed by atoms with E-state index in [1.165, 1.54) is 26.6 Å². The maximum atomic E-state index is 12.5. The van der Waals surface area contributed by atoms with Gasteiger partial charge in [-0.25, -0.2) is 9.29 Å². The molecule has 2 aromatic rings. The van der Waals surface area contributed by atoms with Gasteiger partial charge in [0.15, 0.2) is 0 Å². The first kappa shape index (κ1) is 18.9. The predicted molar refractivity (Wildman–Crippen MR) is 102 cm³/mol. The number of hydrogen-bond donors (Lipinski definition) is 1. The Hall–Kier alpha value is -2.88. The van der Waals surface area contributed by atoms with Crippen molar-refractivity contribution in [2.45, 2.75) is 20.4 Å². The van der Waals surface area contributed by atoms with Crippen LogP contribution in [0.5, 0.6) is 0 Å². The van der Waals surface area contributed by atoms with E-state index in [1.807, 2.05) is 0 Å². The molecule has 1 aromatic heterocycles. The van der Waals surface area contributed by atoms with Gasteiger partial charge in [0.25, 0.3) is 5.56 Å². The summed E-state index contributed by atoms with van der Waals surface area (Å²) >= 11 is 0. The van der Waals surface area contributed by atoms with Crippen molar-refractivity contribution in [1.29, 1.82) is 0 Å². The van der Waals surface area contributed by atoms with Crippen LogP contribution in [0.15, 0.2) is 35.4 Å². The van der Waals surface area contributed by atoms with Crippen LogP contribution < -0.4 is 19.5 Å². The maximum absolute atomic E-state index is 12.5. The molecule has 0 saturated heterocycles. The molecular weight excluding hydrogens is 370 g/mol. The zero-order valence-corrected chi connectivity index (χ0v) is 16.2. The van der Waals surface area contributed by atoms with Gasteiger partial charge < -0.3 is 5.32 Å². The molecular formula is C17H21N5O4S. The zero-order valence-electron chi connectivity index (χ0n) is 15.3. The first-order chi connectivity index (χ1) is 12.7. The van der Waals surface area contributed by atoms with Gasteiger partial charge in [-0.15, -0.1) is 0 Å². The van der Waals surface area contributed by atoms with Crippen LogP contribution in [0.25, 0.3) is 0 Å². The van der Waals surface area contributed by atoms with Crippen LogP contribution >= 0.6 is 0 Å². The summed E-state index contributed by atoms with van der Waals surface area (Å²) in [5.41, 5.74) is 2.02. The first-order valence-corrected chi connectivity index (χ1v) is 9.78. The molecule has 1 aromatic carbocycles. The third kappa shape index (κ3) is 3.39. The molecule has 0 saturated carbocycles. The number of aromatic nitrogens is 2. The number of hydrogen-bond acceptors (Lipinski definition) is 5. The van der Waals surface area contributed by atoms with Crippen LogP contribution in [0.3, 0.4) is 0 Å². The van der Waals surface area contributed by atoms with Gasteiger partial charge in [-0.1, -0.05) is 12.1 Å². The quantitative estimate of drug-likeness (QED) is 0.783. The Kier molecular flexibility index (Phi) is 4.92. The van der Waals surface area contributed by atoms with Crippen LogP contribution in [0.1, 0.15) is 11.3 Å². The molecule has 0 fully saturated rings. The first-order valence-electron chi connectivity index (χ1n) is 8.38. The highest BCUT2D eigenvalue weighted by Crippen LogP contribution is 2.38. The van der Waals surface area contributed by atoms with E-state index in [0.29, 0.717) is 22.6 Å². The molecule has 1 aliphatic heterocycles. The zero-order chi connectivity index (χ0) is 19.8. The topological polar surface area (TPSA) is 105 Å². The van der Waals surface area contributed by atoms with E-state index in [2.05, 4.69) is 10.3 Å². The van der Waals surface area contributed by atoms with Gasteiger partial charge in [0, 0.05) is 24.8 Å². The summed E-state index contributed by atoms with van der Waals surface area (Å²) in [5, 5.41) is 2.65. The molecule has 1 amide bonds. The summed E-state index contributed by atoms with van der Waals surface area (Å²) in [7, 11) is -2.16. The summed E-state index contributed by atoms with van der Waals surface area (Å²) in [6.45, 7) is 3.43. The molecule has 2 heterocycles. The van der Waals surface area contributed by atoms with Gasteiger partial charge in [0.05, 0.1) is 24.2 Å². The van der Waals surface area contributed by atoms with E-state index in [-0.39, 0.29) is 31.1 Å². The minimum absolute atomic E-state index is 0.0928. The van der Waals surface area contributed by atoms with Crippen molar-refractivity contribution >= 4 is 27.5 Å². The summed E-state index contributed by atoms with van der Waals surface area (Å²) in [6.07, 6.45) is 1.33. The van der Waals surface area contributed by atoms with Gasteiger partial charge in [-0.2, -0.15) is 8.42 Å². The van der Waals surface area contributed by atoms with Crippen molar-refractivity contribution in [2.75, 3.05) is 28.7 Å². The predicted octanol–water partition coefficient (Wildman–Crippen LogP) is 0.178. The standard InChI is InChI=1S/C17H21N5O4S/c1-12-13(2)19-11-21(17(12)24)10-16(23)18-8-9-22-15-7-5-4-6-14(15)20(3)27(22,25)26/h4-7,11H,8-10H2,1-3H3,(H,18,23). The smallest absolute Gasteiger partial charge is 0.326 e. The fourth-order valence-corrected chi connectivity index (χ4v) is 4.29. The second kappa shape index (κ2) is 7.03. The van der Waals surface area contributed by atoms with Gasteiger partial charge in [-0.3, -0.25) is 18.5 Å². The number of rotatable bonds is 5. The van der Waals surface area contributed by atoms with Crippen LogP contribution in [0.2, 0.25) is 0 Å². The van der Waals surface area contributed by atoms with Crippen LogP contribution in [-0.2, 0) is 21.5 Å². The summed E-state index contributed by atoms with van der Waals surface area (Å²) in [4.78, 5) is 28.3. The lowest BCUT2D eigenvalue weighted by Crippen LogP contribution is -2.41. The summed E-state index contributed by atoms with van der Waals surface area (Å²) in [6, 6.07) is 6.98. The fraction of sp³-hybridized carbons (Fsp3) is 0.353. The largest absolute Gasteiger partial charge is 0.353 e. The van der Waals surface area contributed by atoms with E-state index in [4.69, 9.17) is 0 Å². The number of para-hydroxylation sites is 2. The van der Waals surface area contributed by atoms with E-state index in [9.17, 15) is 18.0 Å². The molecule has 1 N–H and O–H groups in total. The normalized spacial score (nSPS) is 14.9. The SMILES string of the molecule is Cc1ncn(CC(=O)NCCN2c3ccccc3N(C)S2(=O)=O)c(=O)c1C. The molecule has 1 aliphatic rings. The van der Waals surface area contributed by atoms with E-state index >= 15 is 0 Å². The Morgan fingerprint density at radius 2 is 1.85 bits per heavy atom. The number of amides is 1. The number of anilines is 2. The molecule has 9 nitrogen and oxygen atoms in total. The molecule has 27 heavy (non-hydrogen) atoms. The minimum Gasteiger partial charge on any atom is -0.353 e. The average molecular weight is 391 g/mol. The molecule has 0 atom stereocenters. The highest BCUT2D eigenvalue weighted by atomic mass is 32.2. The highest BCUT2D eigenvalue weighted by Gasteiger charge is 2.37. The van der Waals surface area contributed by atoms with Crippen molar-refractivity contribution in [3.05, 3.63) is 52.2 Å². The molecule has 0 aliphatic carbocycles. The number of benzene rings is 1. The number of carbonyl (C=O) groups is 1. The third-order valence-corrected chi connectivity index (χ3v) is 6.41. The second-order valence-electron chi connectivity index (χ2n) is 6.27. The molecule has 144 valence electrons. The fourth-order valence-electron chi connectivity index (χ4n) is 2.87. The lowest BCUT2D eigenvalue weighted by atomic mass is 10.2. The molecule has 0 spiro atoms. The number of aryl methyl sites for hydroxylation is 1. The van der Waals surface area contributed by atoms with Crippen molar-refractivity contribution in [2.24, 2.45) is 0 Å². The average Bonchev–Trinajstić information content (AvgIpc) is 2.83. The molecule has 3 rings (SSSR count). The Labute approximate surface area is 157 Å². The second-order valence-corrected chi connectivity index (χ2v) is 8.16. The Balaban J connectivity index is 1.64. The van der Waals surface area contributed by atoms with Crippen LogP contribution in [0.4, 0.5) is 11.4 Å². The van der Waals surface area contributed by atoms with Gasteiger partial charge in [-0.05, 0) is 26.0 Å². The molecule has 10 heteroatoms. The van der Waals surface area contributed by atoms with Gasteiger partial charge >= 0.3 is 10.2 Å². The third-order valence-electron chi connectivity index (χ3n) is 4.58. The van der Waals surface area contributed by atoms with E-state index in [1.54, 1.807) is 38.1 Å². The van der Waals surface area contributed by atoms with Crippen molar-refractivity contribution in [3.8, 4) is 0 Å². The van der Waals surface area contributed by atoms with Crippen molar-refractivity contribution in [3.63, 3.8) is 0 Å². The van der Waals surface area contributed by atoms with Gasteiger partial charge in [0.2, 0.25) is 5.91 Å². The Bertz CT molecular complexity index is 1050. The number of nitrogens with one attached hydrogen (secondary N) is 1. The number of carbonyl (C=O) groups excluding carboxylic acids is 1. The molecule has 0 bridgehead atoms. The Morgan fingerprint density at radius 1 is 1.19 bits per heavy atom.